The van der Waals surface area contributed by atoms with Crippen molar-refractivity contribution in [3.63, 3.8) is 0 Å². The summed E-state index contributed by atoms with van der Waals surface area (Å²) in [5.41, 5.74) is 5.11. The van der Waals surface area contributed by atoms with E-state index in [1.54, 1.807) is 0 Å². The SMILES string of the molecule is C=C(C)c1cccc(C)c1C.CC. The van der Waals surface area contributed by atoms with Crippen LogP contribution in [0.15, 0.2) is 24.8 Å². The first-order valence-corrected chi connectivity index (χ1v) is 4.85. The van der Waals surface area contributed by atoms with Crippen molar-refractivity contribution < 1.29 is 0 Å². The van der Waals surface area contributed by atoms with Crippen molar-refractivity contribution in [2.24, 2.45) is 0 Å². The first-order valence-electron chi connectivity index (χ1n) is 4.85. The minimum Gasteiger partial charge on any atom is -0.0955 e. The highest BCUT2D eigenvalue weighted by Crippen LogP contribution is 2.18. The average molecular weight is 176 g/mol. The zero-order chi connectivity index (χ0) is 10.4. The van der Waals surface area contributed by atoms with Crippen LogP contribution < -0.4 is 0 Å². The molecule has 0 bridgehead atoms. The number of hydrogen-bond donors (Lipinski definition) is 0. The van der Waals surface area contributed by atoms with Crippen LogP contribution in [0, 0.1) is 13.8 Å². The average Bonchev–Trinajstić information content (AvgIpc) is 2.13. The van der Waals surface area contributed by atoms with Crippen molar-refractivity contribution in [3.8, 4) is 0 Å². The molecule has 0 nitrogen and oxygen atoms in total. The molecule has 0 amide bonds. The van der Waals surface area contributed by atoms with Gasteiger partial charge in [-0.25, -0.2) is 0 Å². The summed E-state index contributed by atoms with van der Waals surface area (Å²) in [5, 5.41) is 0. The summed E-state index contributed by atoms with van der Waals surface area (Å²) in [5.74, 6) is 0. The topological polar surface area (TPSA) is 0 Å². The number of rotatable bonds is 1. The van der Waals surface area contributed by atoms with E-state index < -0.39 is 0 Å². The molecule has 0 atom stereocenters. The van der Waals surface area contributed by atoms with Gasteiger partial charge in [0.25, 0.3) is 0 Å². The molecule has 0 saturated heterocycles. The van der Waals surface area contributed by atoms with Gasteiger partial charge in [0, 0.05) is 0 Å². The predicted octanol–water partition coefficient (Wildman–Crippen LogP) is 4.36. The summed E-state index contributed by atoms with van der Waals surface area (Å²) in [7, 11) is 0. The Morgan fingerprint density at radius 3 is 2.08 bits per heavy atom. The van der Waals surface area contributed by atoms with Crippen LogP contribution >= 0.6 is 0 Å². The molecule has 0 aliphatic carbocycles. The molecule has 0 aromatic heterocycles. The van der Waals surface area contributed by atoms with Gasteiger partial charge in [-0.05, 0) is 37.5 Å². The molecule has 0 heterocycles. The normalized spacial score (nSPS) is 8.69. The molecule has 0 N–H and O–H groups in total. The van der Waals surface area contributed by atoms with Crippen molar-refractivity contribution >= 4 is 5.57 Å². The smallest absolute Gasteiger partial charge is 0.0201 e. The summed E-state index contributed by atoms with van der Waals surface area (Å²) in [6, 6.07) is 6.32. The Hall–Kier alpha value is -1.04. The van der Waals surface area contributed by atoms with Gasteiger partial charge in [0.15, 0.2) is 0 Å². The van der Waals surface area contributed by atoms with E-state index in [4.69, 9.17) is 0 Å². The number of allylic oxidation sites excluding steroid dienone is 1. The Bertz CT molecular complexity index is 282. The Kier molecular flexibility index (Phi) is 5.13. The number of aryl methyl sites for hydroxylation is 1. The quantitative estimate of drug-likeness (QED) is 0.596. The van der Waals surface area contributed by atoms with Gasteiger partial charge in [-0.1, -0.05) is 44.2 Å². The van der Waals surface area contributed by atoms with Gasteiger partial charge in [-0.2, -0.15) is 0 Å². The van der Waals surface area contributed by atoms with Gasteiger partial charge in [0.1, 0.15) is 0 Å². The zero-order valence-corrected chi connectivity index (χ0v) is 9.44. The molecule has 0 saturated carbocycles. The van der Waals surface area contributed by atoms with Gasteiger partial charge in [-0.15, -0.1) is 0 Å². The number of hydrogen-bond acceptors (Lipinski definition) is 0. The highest BCUT2D eigenvalue weighted by molar-refractivity contribution is 5.65. The number of benzene rings is 1. The summed E-state index contributed by atoms with van der Waals surface area (Å²) in [6.45, 7) is 14.2. The molecule has 13 heavy (non-hydrogen) atoms. The van der Waals surface area contributed by atoms with E-state index in [2.05, 4.69) is 38.6 Å². The van der Waals surface area contributed by atoms with E-state index in [0.29, 0.717) is 0 Å². The summed E-state index contributed by atoms with van der Waals surface area (Å²) < 4.78 is 0. The van der Waals surface area contributed by atoms with Gasteiger partial charge >= 0.3 is 0 Å². The monoisotopic (exact) mass is 176 g/mol. The Labute approximate surface area is 82.3 Å². The van der Waals surface area contributed by atoms with Crippen molar-refractivity contribution in [1.82, 2.24) is 0 Å². The highest BCUT2D eigenvalue weighted by atomic mass is 14.0. The summed E-state index contributed by atoms with van der Waals surface area (Å²) in [6.07, 6.45) is 0. The second-order valence-corrected chi connectivity index (χ2v) is 3.03. The first-order chi connectivity index (χ1) is 6.13. The molecule has 0 unspecified atom stereocenters. The molecule has 1 rings (SSSR count). The van der Waals surface area contributed by atoms with E-state index in [1.165, 1.54) is 16.7 Å². The third-order valence-electron chi connectivity index (χ3n) is 2.06. The van der Waals surface area contributed by atoms with E-state index in [-0.39, 0.29) is 0 Å². The minimum absolute atomic E-state index is 1.14. The summed E-state index contributed by atoms with van der Waals surface area (Å²) in [4.78, 5) is 0. The lowest BCUT2D eigenvalue weighted by Gasteiger charge is -2.06. The molecular formula is C13H20. The molecule has 72 valence electrons. The van der Waals surface area contributed by atoms with Crippen LogP contribution in [-0.4, -0.2) is 0 Å². The lowest BCUT2D eigenvalue weighted by molar-refractivity contribution is 1.31. The molecule has 0 aliphatic rings. The predicted molar refractivity (Wildman–Crippen MR) is 62.0 cm³/mol. The van der Waals surface area contributed by atoms with E-state index in [0.717, 1.165) is 5.57 Å². The van der Waals surface area contributed by atoms with E-state index in [1.807, 2.05) is 20.8 Å². The largest absolute Gasteiger partial charge is 0.0955 e. The highest BCUT2D eigenvalue weighted by Gasteiger charge is 1.99. The Morgan fingerprint density at radius 2 is 1.69 bits per heavy atom. The second kappa shape index (κ2) is 5.58. The van der Waals surface area contributed by atoms with Crippen LogP contribution in [0.3, 0.4) is 0 Å². The molecule has 0 spiro atoms. The third kappa shape index (κ3) is 3.06. The second-order valence-electron chi connectivity index (χ2n) is 3.03. The van der Waals surface area contributed by atoms with Crippen LogP contribution in [-0.2, 0) is 0 Å². The molecule has 0 heteroatoms. The fourth-order valence-corrected chi connectivity index (χ4v) is 1.21. The molecule has 1 aromatic carbocycles. The molecule has 1 aromatic rings. The van der Waals surface area contributed by atoms with Gasteiger partial charge in [-0.3, -0.25) is 0 Å². The van der Waals surface area contributed by atoms with Crippen LogP contribution in [0.2, 0.25) is 0 Å². The van der Waals surface area contributed by atoms with Crippen LogP contribution in [0.25, 0.3) is 5.57 Å². The maximum atomic E-state index is 3.93. The van der Waals surface area contributed by atoms with Crippen molar-refractivity contribution in [2.45, 2.75) is 34.6 Å². The van der Waals surface area contributed by atoms with Crippen molar-refractivity contribution in [2.75, 3.05) is 0 Å². The van der Waals surface area contributed by atoms with Gasteiger partial charge in [0.05, 0.1) is 0 Å². The molecular weight excluding hydrogens is 156 g/mol. The zero-order valence-electron chi connectivity index (χ0n) is 9.44. The fourth-order valence-electron chi connectivity index (χ4n) is 1.21. The van der Waals surface area contributed by atoms with E-state index in [9.17, 15) is 0 Å². The van der Waals surface area contributed by atoms with Crippen molar-refractivity contribution in [1.29, 1.82) is 0 Å². The maximum Gasteiger partial charge on any atom is -0.0201 e. The molecule has 0 fully saturated rings. The lowest BCUT2D eigenvalue weighted by Crippen LogP contribution is -1.87. The first kappa shape index (κ1) is 12.0. The van der Waals surface area contributed by atoms with Crippen molar-refractivity contribution in [3.05, 3.63) is 41.5 Å². The van der Waals surface area contributed by atoms with Crippen LogP contribution in [0.1, 0.15) is 37.5 Å². The Morgan fingerprint density at radius 1 is 1.15 bits per heavy atom. The standard InChI is InChI=1S/C11H14.C2H6/c1-8(2)11-7-5-6-9(3)10(11)4;1-2/h5-7H,1H2,2-4H3;1-2H3. The summed E-state index contributed by atoms with van der Waals surface area (Å²) >= 11 is 0. The third-order valence-corrected chi connectivity index (χ3v) is 2.06. The van der Waals surface area contributed by atoms with Crippen LogP contribution in [0.5, 0.6) is 0 Å². The minimum atomic E-state index is 1.14. The van der Waals surface area contributed by atoms with Gasteiger partial charge < -0.3 is 0 Å². The molecule has 0 aliphatic heterocycles. The molecule has 0 radical (unpaired) electrons. The fraction of sp³-hybridized carbons (Fsp3) is 0.385. The Balaban J connectivity index is 0.000000671. The lowest BCUT2D eigenvalue weighted by atomic mass is 9.99. The van der Waals surface area contributed by atoms with Crippen LogP contribution in [0.4, 0.5) is 0 Å². The van der Waals surface area contributed by atoms with Gasteiger partial charge in [0.2, 0.25) is 0 Å². The van der Waals surface area contributed by atoms with E-state index >= 15 is 0 Å². The maximum absolute atomic E-state index is 3.93.